The highest BCUT2D eigenvalue weighted by Gasteiger charge is 2.13. The second kappa shape index (κ2) is 8.27. The van der Waals surface area contributed by atoms with E-state index in [-0.39, 0.29) is 11.9 Å². The molecule has 122 valence electrons. The summed E-state index contributed by atoms with van der Waals surface area (Å²) in [6, 6.07) is 14.8. The van der Waals surface area contributed by atoms with Gasteiger partial charge in [-0.3, -0.25) is 9.00 Å². The van der Waals surface area contributed by atoms with E-state index < -0.39 is 10.8 Å². The molecule has 2 aromatic carbocycles. The SMILES string of the molecule is CC[C@@H](NC(=O)Cc1ccc([S@](C)=O)cc1)c1cccc(Cl)c1. The number of nitrogens with one attached hydrogen (secondary N) is 1. The van der Waals surface area contributed by atoms with Gasteiger partial charge in [0.05, 0.1) is 12.5 Å². The van der Waals surface area contributed by atoms with Gasteiger partial charge >= 0.3 is 0 Å². The Labute approximate surface area is 144 Å². The summed E-state index contributed by atoms with van der Waals surface area (Å²) in [6.07, 6.45) is 2.73. The zero-order chi connectivity index (χ0) is 16.8. The van der Waals surface area contributed by atoms with E-state index >= 15 is 0 Å². The third kappa shape index (κ3) is 5.19. The van der Waals surface area contributed by atoms with Gasteiger partial charge in [0.2, 0.25) is 5.91 Å². The lowest BCUT2D eigenvalue weighted by Crippen LogP contribution is -2.29. The van der Waals surface area contributed by atoms with Crippen LogP contribution in [-0.4, -0.2) is 16.4 Å². The Morgan fingerprint density at radius 3 is 2.48 bits per heavy atom. The summed E-state index contributed by atoms with van der Waals surface area (Å²) >= 11 is 6.01. The zero-order valence-corrected chi connectivity index (χ0v) is 14.8. The standard InChI is InChI=1S/C18H20ClNO2S/c1-3-17(14-5-4-6-15(19)12-14)20-18(21)11-13-7-9-16(10-8-13)23(2)22/h4-10,12,17H,3,11H2,1-2H3,(H,20,21)/t17-,23+/m1/s1. The fourth-order valence-corrected chi connectivity index (χ4v) is 3.09. The van der Waals surface area contributed by atoms with Crippen molar-refractivity contribution in [3.63, 3.8) is 0 Å². The van der Waals surface area contributed by atoms with Crippen LogP contribution >= 0.6 is 11.6 Å². The smallest absolute Gasteiger partial charge is 0.224 e. The molecule has 0 spiro atoms. The second-order valence-corrected chi connectivity index (χ2v) is 7.17. The first-order valence-corrected chi connectivity index (χ1v) is 9.40. The number of benzene rings is 2. The summed E-state index contributed by atoms with van der Waals surface area (Å²) in [4.78, 5) is 13.0. The predicted molar refractivity (Wildman–Crippen MR) is 95.1 cm³/mol. The van der Waals surface area contributed by atoms with Crippen LogP contribution in [-0.2, 0) is 22.0 Å². The van der Waals surface area contributed by atoms with Gasteiger partial charge in [0.25, 0.3) is 0 Å². The molecule has 5 heteroatoms. The normalized spacial score (nSPS) is 13.3. The number of hydrogen-bond donors (Lipinski definition) is 1. The van der Waals surface area contributed by atoms with Gasteiger partial charge in [-0.2, -0.15) is 0 Å². The molecule has 2 atom stereocenters. The molecule has 1 amide bonds. The topological polar surface area (TPSA) is 46.2 Å². The van der Waals surface area contributed by atoms with Crippen LogP contribution in [0.1, 0.15) is 30.5 Å². The average molecular weight is 350 g/mol. The van der Waals surface area contributed by atoms with Crippen LogP contribution in [0.4, 0.5) is 0 Å². The maximum absolute atomic E-state index is 12.3. The first-order chi connectivity index (χ1) is 11.0. The fourth-order valence-electron chi connectivity index (χ4n) is 2.37. The molecular formula is C18H20ClNO2S. The van der Waals surface area contributed by atoms with Crippen molar-refractivity contribution >= 4 is 28.3 Å². The van der Waals surface area contributed by atoms with Gasteiger partial charge in [0.15, 0.2) is 0 Å². The van der Waals surface area contributed by atoms with Crippen LogP contribution in [0.3, 0.4) is 0 Å². The third-order valence-corrected chi connectivity index (χ3v) is 4.79. The van der Waals surface area contributed by atoms with Gasteiger partial charge in [0, 0.05) is 27.0 Å². The number of carbonyl (C=O) groups excluding carboxylic acids is 1. The van der Waals surface area contributed by atoms with Crippen molar-refractivity contribution in [3.05, 3.63) is 64.7 Å². The van der Waals surface area contributed by atoms with Crippen LogP contribution in [0, 0.1) is 0 Å². The van der Waals surface area contributed by atoms with Crippen molar-refractivity contribution in [2.75, 3.05) is 6.26 Å². The van der Waals surface area contributed by atoms with E-state index in [4.69, 9.17) is 11.6 Å². The van der Waals surface area contributed by atoms with Gasteiger partial charge in [-0.25, -0.2) is 0 Å². The lowest BCUT2D eigenvalue weighted by Gasteiger charge is -2.18. The fraction of sp³-hybridized carbons (Fsp3) is 0.278. The molecule has 0 radical (unpaired) electrons. The van der Waals surface area contributed by atoms with Crippen molar-refractivity contribution < 1.29 is 9.00 Å². The van der Waals surface area contributed by atoms with Crippen molar-refractivity contribution in [2.45, 2.75) is 30.7 Å². The monoisotopic (exact) mass is 349 g/mol. The van der Waals surface area contributed by atoms with Crippen molar-refractivity contribution in [1.29, 1.82) is 0 Å². The first-order valence-electron chi connectivity index (χ1n) is 7.46. The molecule has 0 heterocycles. The maximum Gasteiger partial charge on any atom is 0.224 e. The minimum absolute atomic E-state index is 0.0396. The van der Waals surface area contributed by atoms with Gasteiger partial charge in [-0.15, -0.1) is 0 Å². The Morgan fingerprint density at radius 2 is 1.91 bits per heavy atom. The first kappa shape index (κ1) is 17.7. The highest BCUT2D eigenvalue weighted by atomic mass is 35.5. The van der Waals surface area contributed by atoms with Gasteiger partial charge in [0.1, 0.15) is 0 Å². The molecule has 2 rings (SSSR count). The second-order valence-electron chi connectivity index (χ2n) is 5.36. The largest absolute Gasteiger partial charge is 0.349 e. The van der Waals surface area contributed by atoms with Crippen molar-refractivity contribution in [1.82, 2.24) is 5.32 Å². The molecule has 0 aromatic heterocycles. The Kier molecular flexibility index (Phi) is 6.37. The van der Waals surface area contributed by atoms with E-state index in [2.05, 4.69) is 5.32 Å². The van der Waals surface area contributed by atoms with E-state index in [9.17, 15) is 9.00 Å². The number of carbonyl (C=O) groups is 1. The molecule has 23 heavy (non-hydrogen) atoms. The van der Waals surface area contributed by atoms with Gasteiger partial charge in [-0.05, 0) is 41.8 Å². The van der Waals surface area contributed by atoms with E-state index in [1.807, 2.05) is 43.3 Å². The number of rotatable bonds is 6. The molecule has 0 bridgehead atoms. The Hall–Kier alpha value is -1.65. The molecule has 0 aliphatic heterocycles. The lowest BCUT2D eigenvalue weighted by molar-refractivity contribution is -0.121. The van der Waals surface area contributed by atoms with E-state index in [0.29, 0.717) is 11.4 Å². The number of hydrogen-bond acceptors (Lipinski definition) is 2. The Bertz CT molecular complexity index is 700. The molecule has 0 aliphatic rings. The number of amides is 1. The Morgan fingerprint density at radius 1 is 1.22 bits per heavy atom. The molecule has 3 nitrogen and oxygen atoms in total. The summed E-state index contributed by atoms with van der Waals surface area (Å²) < 4.78 is 11.4. The summed E-state index contributed by atoms with van der Waals surface area (Å²) in [7, 11) is -1.00. The minimum Gasteiger partial charge on any atom is -0.349 e. The summed E-state index contributed by atoms with van der Waals surface area (Å²) in [5, 5.41) is 3.70. The highest BCUT2D eigenvalue weighted by molar-refractivity contribution is 7.84. The maximum atomic E-state index is 12.3. The lowest BCUT2D eigenvalue weighted by atomic mass is 10.0. The molecule has 1 N–H and O–H groups in total. The molecule has 0 fully saturated rings. The van der Waals surface area contributed by atoms with E-state index in [0.717, 1.165) is 22.4 Å². The average Bonchev–Trinajstić information content (AvgIpc) is 2.53. The molecule has 2 aromatic rings. The van der Waals surface area contributed by atoms with Crippen LogP contribution in [0.5, 0.6) is 0 Å². The zero-order valence-electron chi connectivity index (χ0n) is 13.2. The van der Waals surface area contributed by atoms with Gasteiger partial charge in [-0.1, -0.05) is 42.8 Å². The van der Waals surface area contributed by atoms with Crippen LogP contribution in [0.2, 0.25) is 5.02 Å². The Balaban J connectivity index is 2.01. The number of halogens is 1. The molecule has 0 unspecified atom stereocenters. The molecule has 0 aliphatic carbocycles. The molecule has 0 saturated heterocycles. The van der Waals surface area contributed by atoms with Crippen LogP contribution in [0.15, 0.2) is 53.4 Å². The molecule has 0 saturated carbocycles. The summed E-state index contributed by atoms with van der Waals surface area (Å²) in [5.41, 5.74) is 1.91. The summed E-state index contributed by atoms with van der Waals surface area (Å²) in [6.45, 7) is 2.03. The quantitative estimate of drug-likeness (QED) is 0.860. The highest BCUT2D eigenvalue weighted by Crippen LogP contribution is 2.20. The van der Waals surface area contributed by atoms with Crippen LogP contribution < -0.4 is 5.32 Å². The minimum atomic E-state index is -1.00. The van der Waals surface area contributed by atoms with E-state index in [1.165, 1.54) is 0 Å². The van der Waals surface area contributed by atoms with E-state index in [1.54, 1.807) is 18.4 Å². The van der Waals surface area contributed by atoms with Crippen molar-refractivity contribution in [2.24, 2.45) is 0 Å². The van der Waals surface area contributed by atoms with Crippen molar-refractivity contribution in [3.8, 4) is 0 Å². The summed E-state index contributed by atoms with van der Waals surface area (Å²) in [5.74, 6) is -0.0396. The van der Waals surface area contributed by atoms with Gasteiger partial charge < -0.3 is 5.32 Å². The molecular weight excluding hydrogens is 330 g/mol. The van der Waals surface area contributed by atoms with Crippen LogP contribution in [0.25, 0.3) is 0 Å². The third-order valence-electron chi connectivity index (χ3n) is 3.61. The predicted octanol–water partition coefficient (Wildman–Crippen LogP) is 3.89.